The number of nitrogens with zero attached hydrogens (tertiary/aromatic N) is 1. The number of halogens is 1. The van der Waals surface area contributed by atoms with Crippen molar-refractivity contribution in [3.05, 3.63) is 35.6 Å². The number of hydrogen-bond acceptors (Lipinski definition) is 3. The van der Waals surface area contributed by atoms with Crippen molar-refractivity contribution in [1.29, 1.82) is 0 Å². The second-order valence-electron chi connectivity index (χ2n) is 5.10. The van der Waals surface area contributed by atoms with E-state index in [1.807, 2.05) is 26.1 Å². The number of hydrogen-bond donors (Lipinski definition) is 1. The smallest absolute Gasteiger partial charge is 0.127 e. The van der Waals surface area contributed by atoms with Gasteiger partial charge in [-0.2, -0.15) is 0 Å². The third-order valence-corrected chi connectivity index (χ3v) is 3.82. The molecule has 0 aromatic heterocycles. The summed E-state index contributed by atoms with van der Waals surface area (Å²) in [5.74, 6) is 0.131. The number of nitrogens with two attached hydrogens (primary N) is 1. The van der Waals surface area contributed by atoms with E-state index < -0.39 is 0 Å². The predicted octanol–water partition coefficient (Wildman–Crippen LogP) is 2.43. The molecule has 19 heavy (non-hydrogen) atoms. The monoisotopic (exact) mass is 268 g/mol. The van der Waals surface area contributed by atoms with Crippen LogP contribution < -0.4 is 5.73 Å². The normalized spacial score (nSPS) is 16.4. The molecule has 1 aromatic carbocycles. The molecule has 0 aliphatic heterocycles. The molecule has 0 fully saturated rings. The number of benzene rings is 1. The zero-order valence-corrected chi connectivity index (χ0v) is 12.3. The van der Waals surface area contributed by atoms with Crippen LogP contribution in [0.4, 0.5) is 4.39 Å². The van der Waals surface area contributed by atoms with Crippen LogP contribution in [0.1, 0.15) is 25.5 Å². The van der Waals surface area contributed by atoms with Gasteiger partial charge in [-0.15, -0.1) is 0 Å². The van der Waals surface area contributed by atoms with E-state index in [0.29, 0.717) is 24.6 Å². The number of rotatable bonds is 7. The lowest BCUT2D eigenvalue weighted by atomic mass is 9.98. The molecule has 3 nitrogen and oxygen atoms in total. The van der Waals surface area contributed by atoms with E-state index in [9.17, 15) is 4.39 Å². The Hall–Kier alpha value is -0.970. The Balaban J connectivity index is 2.85. The fraction of sp³-hybridized carbons (Fsp3) is 0.600. The molecule has 0 amide bonds. The zero-order chi connectivity index (χ0) is 14.4. The maximum atomic E-state index is 13.8. The fourth-order valence-electron chi connectivity index (χ4n) is 2.49. The van der Waals surface area contributed by atoms with Gasteiger partial charge in [0.05, 0.1) is 6.61 Å². The Morgan fingerprint density at radius 3 is 2.47 bits per heavy atom. The molecule has 0 radical (unpaired) electrons. The summed E-state index contributed by atoms with van der Waals surface area (Å²) >= 11 is 0. The molecule has 1 rings (SSSR count). The average molecular weight is 268 g/mol. The molecule has 0 aliphatic carbocycles. The first-order chi connectivity index (χ1) is 9.02. The lowest BCUT2D eigenvalue weighted by molar-refractivity contribution is 0.0793. The van der Waals surface area contributed by atoms with Crippen molar-refractivity contribution in [3.63, 3.8) is 0 Å². The highest BCUT2D eigenvalue weighted by Gasteiger charge is 2.26. The molecule has 0 spiro atoms. The van der Waals surface area contributed by atoms with Crippen molar-refractivity contribution in [1.82, 2.24) is 4.90 Å². The van der Waals surface area contributed by atoms with Crippen LogP contribution in [-0.4, -0.2) is 38.3 Å². The van der Waals surface area contributed by atoms with E-state index in [2.05, 4.69) is 11.8 Å². The number of ether oxygens (including phenoxy) is 1. The van der Waals surface area contributed by atoms with Crippen molar-refractivity contribution in [2.75, 3.05) is 27.3 Å². The third kappa shape index (κ3) is 4.00. The summed E-state index contributed by atoms with van der Waals surface area (Å²) in [5, 5.41) is 0. The molecule has 0 saturated carbocycles. The van der Waals surface area contributed by atoms with E-state index in [0.717, 1.165) is 0 Å². The highest BCUT2D eigenvalue weighted by molar-refractivity contribution is 5.20. The van der Waals surface area contributed by atoms with Crippen molar-refractivity contribution in [2.24, 2.45) is 11.7 Å². The van der Waals surface area contributed by atoms with Gasteiger partial charge in [-0.05, 0) is 26.0 Å². The largest absolute Gasteiger partial charge is 0.384 e. The SMILES string of the molecule is COCC(C)C(CN)N(C)C(C)c1ccccc1F. The Labute approximate surface area is 115 Å². The van der Waals surface area contributed by atoms with E-state index in [-0.39, 0.29) is 17.9 Å². The molecular weight excluding hydrogens is 243 g/mol. The maximum absolute atomic E-state index is 13.8. The molecule has 3 atom stereocenters. The second-order valence-corrected chi connectivity index (χ2v) is 5.10. The van der Waals surface area contributed by atoms with Crippen LogP contribution in [0.25, 0.3) is 0 Å². The van der Waals surface area contributed by atoms with Gasteiger partial charge in [0.2, 0.25) is 0 Å². The average Bonchev–Trinajstić information content (AvgIpc) is 2.39. The lowest BCUT2D eigenvalue weighted by Gasteiger charge is -2.36. The van der Waals surface area contributed by atoms with Gasteiger partial charge in [0.1, 0.15) is 5.82 Å². The highest BCUT2D eigenvalue weighted by Crippen LogP contribution is 2.25. The van der Waals surface area contributed by atoms with Crippen molar-refractivity contribution < 1.29 is 9.13 Å². The number of methoxy groups -OCH3 is 1. The van der Waals surface area contributed by atoms with Gasteiger partial charge in [0, 0.05) is 31.3 Å². The minimum Gasteiger partial charge on any atom is -0.384 e. The molecule has 3 unspecified atom stereocenters. The van der Waals surface area contributed by atoms with Gasteiger partial charge in [-0.25, -0.2) is 4.39 Å². The first kappa shape index (κ1) is 16.1. The van der Waals surface area contributed by atoms with Crippen LogP contribution in [0.2, 0.25) is 0 Å². The molecule has 2 N–H and O–H groups in total. The van der Waals surface area contributed by atoms with E-state index in [4.69, 9.17) is 10.5 Å². The maximum Gasteiger partial charge on any atom is 0.127 e. The fourth-order valence-corrected chi connectivity index (χ4v) is 2.49. The lowest BCUT2D eigenvalue weighted by Crippen LogP contribution is -2.45. The molecule has 1 aromatic rings. The summed E-state index contributed by atoms with van der Waals surface area (Å²) in [5.41, 5.74) is 6.57. The van der Waals surface area contributed by atoms with Crippen LogP contribution in [-0.2, 0) is 4.74 Å². The molecule has 4 heteroatoms. The number of likely N-dealkylation sites (N-methyl/N-ethyl adjacent to an activating group) is 1. The summed E-state index contributed by atoms with van der Waals surface area (Å²) in [6.07, 6.45) is 0. The van der Waals surface area contributed by atoms with Crippen LogP contribution in [0.15, 0.2) is 24.3 Å². The van der Waals surface area contributed by atoms with Crippen LogP contribution >= 0.6 is 0 Å². The molecular formula is C15H25FN2O. The van der Waals surface area contributed by atoms with Crippen molar-refractivity contribution in [2.45, 2.75) is 25.9 Å². The van der Waals surface area contributed by atoms with Crippen LogP contribution in [0.3, 0.4) is 0 Å². The Morgan fingerprint density at radius 1 is 1.32 bits per heavy atom. The standard InChI is InChI=1S/C15H25FN2O/c1-11(10-19-4)15(9-17)18(3)12(2)13-7-5-6-8-14(13)16/h5-8,11-12,15H,9-10,17H2,1-4H3. The predicted molar refractivity (Wildman–Crippen MR) is 76.5 cm³/mol. The van der Waals surface area contributed by atoms with Crippen LogP contribution in [0, 0.1) is 11.7 Å². The Bertz CT molecular complexity index is 386. The molecule has 0 bridgehead atoms. The molecule has 108 valence electrons. The van der Waals surface area contributed by atoms with Crippen molar-refractivity contribution >= 4 is 0 Å². The highest BCUT2D eigenvalue weighted by atomic mass is 19.1. The van der Waals surface area contributed by atoms with Gasteiger partial charge >= 0.3 is 0 Å². The van der Waals surface area contributed by atoms with Crippen molar-refractivity contribution in [3.8, 4) is 0 Å². The van der Waals surface area contributed by atoms with Gasteiger partial charge in [0.15, 0.2) is 0 Å². The Kier molecular flexibility index (Phi) is 6.42. The first-order valence-corrected chi connectivity index (χ1v) is 6.68. The van der Waals surface area contributed by atoms with E-state index >= 15 is 0 Å². The van der Waals surface area contributed by atoms with Gasteiger partial charge in [-0.1, -0.05) is 25.1 Å². The molecule has 0 aliphatic rings. The second kappa shape index (κ2) is 7.58. The Morgan fingerprint density at radius 2 is 1.95 bits per heavy atom. The minimum absolute atomic E-state index is 0.0194. The summed E-state index contributed by atoms with van der Waals surface area (Å²) in [4.78, 5) is 2.13. The van der Waals surface area contributed by atoms with Gasteiger partial charge < -0.3 is 10.5 Å². The zero-order valence-electron chi connectivity index (χ0n) is 12.3. The summed E-state index contributed by atoms with van der Waals surface area (Å²) in [7, 11) is 3.67. The topological polar surface area (TPSA) is 38.5 Å². The summed E-state index contributed by atoms with van der Waals surface area (Å²) in [6.45, 7) is 5.28. The third-order valence-electron chi connectivity index (χ3n) is 3.82. The molecule has 0 heterocycles. The first-order valence-electron chi connectivity index (χ1n) is 6.68. The van der Waals surface area contributed by atoms with Crippen LogP contribution in [0.5, 0.6) is 0 Å². The van der Waals surface area contributed by atoms with Gasteiger partial charge in [-0.3, -0.25) is 4.90 Å². The van der Waals surface area contributed by atoms with E-state index in [1.165, 1.54) is 6.07 Å². The minimum atomic E-state index is -0.169. The quantitative estimate of drug-likeness (QED) is 0.825. The summed E-state index contributed by atoms with van der Waals surface area (Å²) in [6, 6.07) is 7.03. The van der Waals surface area contributed by atoms with E-state index in [1.54, 1.807) is 13.2 Å². The van der Waals surface area contributed by atoms with Gasteiger partial charge in [0.25, 0.3) is 0 Å². The molecule has 0 saturated heterocycles. The summed E-state index contributed by atoms with van der Waals surface area (Å²) < 4.78 is 19.0.